The average Bonchev–Trinajstić information content (AvgIpc) is 2.89. The molecule has 1 fully saturated rings. The Balaban J connectivity index is 2.12. The van der Waals surface area contributed by atoms with Gasteiger partial charge in [-0.1, -0.05) is 6.92 Å². The Morgan fingerprint density at radius 1 is 1.50 bits per heavy atom. The monoisotopic (exact) mass is 280 g/mol. The van der Waals surface area contributed by atoms with Crippen LogP contribution in [-0.4, -0.2) is 53.6 Å². The number of aromatic nitrogens is 2. The minimum Gasteiger partial charge on any atom is -0.374 e. The first-order valence-electron chi connectivity index (χ1n) is 7.72. The Morgan fingerprint density at radius 3 is 2.95 bits per heavy atom. The summed E-state index contributed by atoms with van der Waals surface area (Å²) in [4.78, 5) is 2.49. The lowest BCUT2D eigenvalue weighted by Gasteiger charge is -2.39. The van der Waals surface area contributed by atoms with Crippen molar-refractivity contribution in [2.45, 2.75) is 51.9 Å². The summed E-state index contributed by atoms with van der Waals surface area (Å²) in [6.07, 6.45) is 3.16. The van der Waals surface area contributed by atoms with Gasteiger partial charge in [-0.05, 0) is 33.4 Å². The molecule has 0 aliphatic carbocycles. The van der Waals surface area contributed by atoms with Crippen molar-refractivity contribution < 1.29 is 4.74 Å². The highest BCUT2D eigenvalue weighted by atomic mass is 16.5. The number of morpholine rings is 1. The average molecular weight is 280 g/mol. The third-order valence-corrected chi connectivity index (χ3v) is 4.04. The zero-order chi connectivity index (χ0) is 14.5. The van der Waals surface area contributed by atoms with Gasteiger partial charge in [0.15, 0.2) is 0 Å². The minimum atomic E-state index is 0.184. The van der Waals surface area contributed by atoms with Gasteiger partial charge in [-0.25, -0.2) is 0 Å². The van der Waals surface area contributed by atoms with E-state index in [1.807, 2.05) is 13.2 Å². The van der Waals surface area contributed by atoms with Crippen molar-refractivity contribution in [2.75, 3.05) is 26.7 Å². The van der Waals surface area contributed by atoms with E-state index in [4.69, 9.17) is 4.74 Å². The summed E-state index contributed by atoms with van der Waals surface area (Å²) in [7, 11) is 2.01. The smallest absolute Gasteiger partial charge is 0.0912 e. The van der Waals surface area contributed by atoms with Crippen LogP contribution in [0.25, 0.3) is 0 Å². The van der Waals surface area contributed by atoms with Gasteiger partial charge in [-0.15, -0.1) is 0 Å². The number of aryl methyl sites for hydroxylation is 1. The molecule has 0 amide bonds. The second-order valence-corrected chi connectivity index (χ2v) is 5.74. The molecule has 1 aromatic rings. The molecule has 0 aromatic carbocycles. The molecule has 2 unspecified atom stereocenters. The molecule has 20 heavy (non-hydrogen) atoms. The van der Waals surface area contributed by atoms with Gasteiger partial charge in [0, 0.05) is 31.9 Å². The van der Waals surface area contributed by atoms with Gasteiger partial charge in [0.05, 0.1) is 24.4 Å². The Bertz CT molecular complexity index is 404. The Morgan fingerprint density at radius 2 is 2.30 bits per heavy atom. The number of likely N-dealkylation sites (N-methyl/N-ethyl adjacent to an activating group) is 1. The molecule has 0 radical (unpaired) electrons. The van der Waals surface area contributed by atoms with Crippen molar-refractivity contribution in [1.82, 2.24) is 20.0 Å². The van der Waals surface area contributed by atoms with Crippen LogP contribution in [0.5, 0.6) is 0 Å². The SMILES string of the molecule is CCCn1nccc1C(NC)C1CN(C(C)C)CCO1. The number of nitrogens with zero attached hydrogens (tertiary/aromatic N) is 3. The zero-order valence-electron chi connectivity index (χ0n) is 13.2. The molecule has 1 aliphatic rings. The maximum atomic E-state index is 6.02. The van der Waals surface area contributed by atoms with Crippen LogP contribution < -0.4 is 5.32 Å². The first-order valence-corrected chi connectivity index (χ1v) is 7.72. The fourth-order valence-corrected chi connectivity index (χ4v) is 2.90. The van der Waals surface area contributed by atoms with E-state index in [1.54, 1.807) is 0 Å². The van der Waals surface area contributed by atoms with Crippen molar-refractivity contribution in [2.24, 2.45) is 0 Å². The van der Waals surface area contributed by atoms with Gasteiger partial charge in [0.1, 0.15) is 0 Å². The number of ether oxygens (including phenoxy) is 1. The molecule has 1 saturated heterocycles. The summed E-state index contributed by atoms with van der Waals surface area (Å²) in [6.45, 7) is 10.4. The fourth-order valence-electron chi connectivity index (χ4n) is 2.90. The van der Waals surface area contributed by atoms with Gasteiger partial charge in [0.2, 0.25) is 0 Å². The van der Waals surface area contributed by atoms with Crippen LogP contribution >= 0.6 is 0 Å². The van der Waals surface area contributed by atoms with Crippen LogP contribution in [0, 0.1) is 0 Å². The largest absolute Gasteiger partial charge is 0.374 e. The predicted octanol–water partition coefficient (Wildman–Crippen LogP) is 1.66. The highest BCUT2D eigenvalue weighted by molar-refractivity contribution is 5.10. The lowest BCUT2D eigenvalue weighted by atomic mass is 10.0. The molecular weight excluding hydrogens is 252 g/mol. The highest BCUT2D eigenvalue weighted by Crippen LogP contribution is 2.23. The number of rotatable bonds is 6. The van der Waals surface area contributed by atoms with Gasteiger partial charge >= 0.3 is 0 Å². The van der Waals surface area contributed by atoms with Crippen molar-refractivity contribution in [3.8, 4) is 0 Å². The molecule has 2 rings (SSSR count). The molecular formula is C15H28N4O. The molecule has 1 aromatic heterocycles. The van der Waals surface area contributed by atoms with E-state index in [-0.39, 0.29) is 12.1 Å². The van der Waals surface area contributed by atoms with Crippen LogP contribution in [0.4, 0.5) is 0 Å². The van der Waals surface area contributed by atoms with Crippen molar-refractivity contribution in [1.29, 1.82) is 0 Å². The molecule has 2 heterocycles. The molecule has 0 spiro atoms. The van der Waals surface area contributed by atoms with Crippen LogP contribution in [-0.2, 0) is 11.3 Å². The minimum absolute atomic E-state index is 0.184. The van der Waals surface area contributed by atoms with E-state index in [1.165, 1.54) is 5.69 Å². The number of hydrogen-bond acceptors (Lipinski definition) is 4. The lowest BCUT2D eigenvalue weighted by Crippen LogP contribution is -2.50. The maximum absolute atomic E-state index is 6.02. The summed E-state index contributed by atoms with van der Waals surface area (Å²) in [5, 5.41) is 7.85. The van der Waals surface area contributed by atoms with Gasteiger partial charge in [-0.2, -0.15) is 5.10 Å². The zero-order valence-corrected chi connectivity index (χ0v) is 13.2. The van der Waals surface area contributed by atoms with Crippen LogP contribution in [0.15, 0.2) is 12.3 Å². The maximum Gasteiger partial charge on any atom is 0.0912 e. The predicted molar refractivity (Wildman–Crippen MR) is 80.8 cm³/mol. The van der Waals surface area contributed by atoms with Gasteiger partial charge in [-0.3, -0.25) is 9.58 Å². The molecule has 1 aliphatic heterocycles. The lowest BCUT2D eigenvalue weighted by molar-refractivity contribution is -0.0562. The third kappa shape index (κ3) is 3.40. The first kappa shape index (κ1) is 15.5. The standard InChI is InChI=1S/C15H28N4O/c1-5-8-19-13(6-7-17-19)15(16-4)14-11-18(12(2)3)9-10-20-14/h6-7,12,14-16H,5,8-11H2,1-4H3. The second-order valence-electron chi connectivity index (χ2n) is 5.74. The highest BCUT2D eigenvalue weighted by Gasteiger charge is 2.31. The Labute approximate surface area is 122 Å². The number of nitrogens with one attached hydrogen (secondary N) is 1. The second kappa shape index (κ2) is 7.20. The quantitative estimate of drug-likeness (QED) is 0.860. The van der Waals surface area contributed by atoms with Gasteiger partial charge in [0.25, 0.3) is 0 Å². The normalized spacial score (nSPS) is 22.4. The van der Waals surface area contributed by atoms with Crippen LogP contribution in [0.3, 0.4) is 0 Å². The molecule has 1 N–H and O–H groups in total. The van der Waals surface area contributed by atoms with E-state index in [9.17, 15) is 0 Å². The summed E-state index contributed by atoms with van der Waals surface area (Å²) in [5.74, 6) is 0. The third-order valence-electron chi connectivity index (χ3n) is 4.04. The topological polar surface area (TPSA) is 42.3 Å². The van der Waals surface area contributed by atoms with Crippen molar-refractivity contribution in [3.63, 3.8) is 0 Å². The molecule has 114 valence electrons. The Hall–Kier alpha value is -0.910. The summed E-state index contributed by atoms with van der Waals surface area (Å²) < 4.78 is 8.12. The van der Waals surface area contributed by atoms with Crippen LogP contribution in [0.1, 0.15) is 38.9 Å². The van der Waals surface area contributed by atoms with E-state index >= 15 is 0 Å². The fraction of sp³-hybridized carbons (Fsp3) is 0.800. The van der Waals surface area contributed by atoms with E-state index < -0.39 is 0 Å². The molecule has 0 bridgehead atoms. The van der Waals surface area contributed by atoms with E-state index in [2.05, 4.69) is 46.8 Å². The summed E-state index contributed by atoms with van der Waals surface area (Å²) >= 11 is 0. The summed E-state index contributed by atoms with van der Waals surface area (Å²) in [5.41, 5.74) is 1.23. The van der Waals surface area contributed by atoms with Crippen molar-refractivity contribution in [3.05, 3.63) is 18.0 Å². The van der Waals surface area contributed by atoms with Crippen molar-refractivity contribution >= 4 is 0 Å². The van der Waals surface area contributed by atoms with E-state index in [0.717, 1.165) is 32.7 Å². The molecule has 5 heteroatoms. The summed E-state index contributed by atoms with van der Waals surface area (Å²) in [6, 6.07) is 2.87. The molecule has 0 saturated carbocycles. The first-order chi connectivity index (χ1) is 9.67. The Kier molecular flexibility index (Phi) is 5.57. The molecule has 5 nitrogen and oxygen atoms in total. The molecule has 2 atom stereocenters. The van der Waals surface area contributed by atoms with E-state index in [0.29, 0.717) is 6.04 Å². The van der Waals surface area contributed by atoms with Crippen LogP contribution in [0.2, 0.25) is 0 Å². The van der Waals surface area contributed by atoms with Gasteiger partial charge < -0.3 is 10.1 Å². The number of hydrogen-bond donors (Lipinski definition) is 1.